The van der Waals surface area contributed by atoms with Crippen molar-refractivity contribution in [3.8, 4) is 5.75 Å². The molecule has 0 spiro atoms. The first-order chi connectivity index (χ1) is 12.8. The number of phenolic OH excluding ortho intramolecular Hbond substituents is 1. The highest BCUT2D eigenvalue weighted by molar-refractivity contribution is 6.04. The topological polar surface area (TPSA) is 63.6 Å². The number of cyclic esters (lactones) is 1. The van der Waals surface area contributed by atoms with E-state index < -0.39 is 0 Å². The highest BCUT2D eigenvalue weighted by atomic mass is 16.5. The van der Waals surface area contributed by atoms with Crippen LogP contribution < -0.4 is 0 Å². The van der Waals surface area contributed by atoms with Crippen LogP contribution >= 0.6 is 0 Å². The van der Waals surface area contributed by atoms with Crippen LogP contribution in [0.25, 0.3) is 0 Å². The Morgan fingerprint density at radius 3 is 2.81 bits per heavy atom. The van der Waals surface area contributed by atoms with Crippen molar-refractivity contribution in [2.45, 2.75) is 57.8 Å². The number of benzene rings is 1. The van der Waals surface area contributed by atoms with Crippen LogP contribution in [0.1, 0.15) is 73.0 Å². The number of Topliss-reactive ketones (excluding diaryl/α,β-unsaturated/α-hetero) is 1. The largest absolute Gasteiger partial charge is 0.507 e. The summed E-state index contributed by atoms with van der Waals surface area (Å²) in [6, 6.07) is 2.04. The van der Waals surface area contributed by atoms with Gasteiger partial charge in [-0.2, -0.15) is 0 Å². The number of hydrogen-bond donors (Lipinski definition) is 1. The number of ether oxygens (including phenoxy) is 1. The van der Waals surface area contributed by atoms with Crippen LogP contribution in [0.4, 0.5) is 0 Å². The highest BCUT2D eigenvalue weighted by Gasteiger charge is 2.52. The van der Waals surface area contributed by atoms with Crippen molar-refractivity contribution < 1.29 is 19.4 Å². The van der Waals surface area contributed by atoms with Gasteiger partial charge in [-0.3, -0.25) is 4.79 Å². The van der Waals surface area contributed by atoms with Crippen molar-refractivity contribution in [3.63, 3.8) is 0 Å². The average molecular weight is 366 g/mol. The van der Waals surface area contributed by atoms with Crippen LogP contribution in [0.5, 0.6) is 5.75 Å². The zero-order valence-corrected chi connectivity index (χ0v) is 16.2. The van der Waals surface area contributed by atoms with Crippen LogP contribution in [0.2, 0.25) is 0 Å². The van der Waals surface area contributed by atoms with Gasteiger partial charge in [0.1, 0.15) is 12.4 Å². The van der Waals surface area contributed by atoms with Crippen LogP contribution in [0.15, 0.2) is 29.9 Å². The minimum absolute atomic E-state index is 0.0362. The first kappa shape index (κ1) is 18.0. The van der Waals surface area contributed by atoms with Gasteiger partial charge in [0, 0.05) is 23.3 Å². The average Bonchev–Trinajstić information content (AvgIpc) is 2.99. The van der Waals surface area contributed by atoms with Gasteiger partial charge in [0.15, 0.2) is 5.78 Å². The lowest BCUT2D eigenvalue weighted by molar-refractivity contribution is -0.136. The molecular formula is C23H26O4. The summed E-state index contributed by atoms with van der Waals surface area (Å²) in [4.78, 5) is 25.2. The van der Waals surface area contributed by atoms with Gasteiger partial charge >= 0.3 is 5.97 Å². The van der Waals surface area contributed by atoms with Crippen molar-refractivity contribution in [2.75, 3.05) is 6.61 Å². The molecule has 1 heterocycles. The molecule has 0 amide bonds. The maximum atomic E-state index is 13.2. The van der Waals surface area contributed by atoms with Crippen molar-refractivity contribution in [1.29, 1.82) is 0 Å². The molecule has 0 unspecified atom stereocenters. The van der Waals surface area contributed by atoms with Crippen LogP contribution in [0, 0.1) is 5.92 Å². The second-order valence-corrected chi connectivity index (χ2v) is 8.55. The predicted molar refractivity (Wildman–Crippen MR) is 103 cm³/mol. The molecule has 0 saturated carbocycles. The van der Waals surface area contributed by atoms with E-state index in [4.69, 9.17) is 4.74 Å². The molecule has 4 nitrogen and oxygen atoms in total. The fraction of sp³-hybridized carbons (Fsp3) is 0.478. The number of carbonyl (C=O) groups excluding carboxylic acids is 2. The molecule has 0 aromatic heterocycles. The number of aromatic hydroxyl groups is 1. The Morgan fingerprint density at radius 2 is 2.15 bits per heavy atom. The molecular weight excluding hydrogens is 340 g/mol. The normalized spacial score (nSPS) is 26.6. The number of rotatable bonds is 3. The quantitative estimate of drug-likeness (QED) is 0.638. The van der Waals surface area contributed by atoms with E-state index >= 15 is 0 Å². The summed E-state index contributed by atoms with van der Waals surface area (Å²) in [5.41, 5.74) is 4.79. The van der Waals surface area contributed by atoms with E-state index in [1.54, 1.807) is 0 Å². The Hall–Kier alpha value is -2.36. The minimum Gasteiger partial charge on any atom is -0.507 e. The Kier molecular flexibility index (Phi) is 4.06. The summed E-state index contributed by atoms with van der Waals surface area (Å²) in [5, 5.41) is 11.0. The van der Waals surface area contributed by atoms with Crippen molar-refractivity contribution >= 4 is 11.8 Å². The standard InChI is InChI=1S/C23H26O4/c1-5-6-13-9-15(12(2)3)21(25)19-18(24)10-17-16-11-27-22(26)14(16)7-8-23(17,4)20(13)19/h5,9,12,17,25H,1,6-8,10-11H2,2-4H3/t17-,23-/m0/s1. The maximum Gasteiger partial charge on any atom is 0.334 e. The number of esters is 1. The molecule has 3 aliphatic rings. The summed E-state index contributed by atoms with van der Waals surface area (Å²) < 4.78 is 5.28. The number of hydrogen-bond acceptors (Lipinski definition) is 4. The van der Waals surface area contributed by atoms with Gasteiger partial charge in [0.05, 0.1) is 5.56 Å². The molecule has 0 saturated heterocycles. The lowest BCUT2D eigenvalue weighted by Crippen LogP contribution is -2.44. The van der Waals surface area contributed by atoms with E-state index in [1.165, 1.54) is 0 Å². The molecule has 1 aliphatic heterocycles. The van der Waals surface area contributed by atoms with Crippen molar-refractivity contribution in [2.24, 2.45) is 5.92 Å². The van der Waals surface area contributed by atoms with E-state index in [9.17, 15) is 14.7 Å². The number of carbonyl (C=O) groups is 2. The highest BCUT2D eigenvalue weighted by Crippen LogP contribution is 2.56. The number of ketones is 1. The Bertz CT molecular complexity index is 905. The second kappa shape index (κ2) is 6.08. The SMILES string of the molecule is C=CCc1cc(C(C)C)c(O)c2c1[C@@]1(C)CCC3=C(COC3=O)[C@@H]1CC2=O. The summed E-state index contributed by atoms with van der Waals surface area (Å²) in [6.07, 6.45) is 4.26. The summed E-state index contributed by atoms with van der Waals surface area (Å²) in [5.74, 6) is -0.0456. The third kappa shape index (κ3) is 2.42. The predicted octanol–water partition coefficient (Wildman–Crippen LogP) is 4.35. The monoisotopic (exact) mass is 366 g/mol. The Morgan fingerprint density at radius 1 is 1.41 bits per heavy atom. The third-order valence-electron chi connectivity index (χ3n) is 6.71. The Labute approximate surface area is 159 Å². The van der Waals surface area contributed by atoms with Gasteiger partial charge in [-0.05, 0) is 47.4 Å². The molecule has 0 fully saturated rings. The smallest absolute Gasteiger partial charge is 0.334 e. The first-order valence-corrected chi connectivity index (χ1v) is 9.72. The van der Waals surface area contributed by atoms with E-state index in [0.717, 1.165) is 34.3 Å². The molecule has 142 valence electrons. The van der Waals surface area contributed by atoms with E-state index in [-0.39, 0.29) is 34.8 Å². The summed E-state index contributed by atoms with van der Waals surface area (Å²) >= 11 is 0. The van der Waals surface area contributed by atoms with Gasteiger partial charge in [0.2, 0.25) is 0 Å². The van der Waals surface area contributed by atoms with Gasteiger partial charge in [0.25, 0.3) is 0 Å². The number of allylic oxidation sites excluding steroid dienone is 1. The minimum atomic E-state index is -0.290. The third-order valence-corrected chi connectivity index (χ3v) is 6.71. The molecule has 2 aliphatic carbocycles. The number of phenols is 1. The van der Waals surface area contributed by atoms with Crippen molar-refractivity contribution in [3.05, 3.63) is 52.1 Å². The fourth-order valence-corrected chi connectivity index (χ4v) is 5.33. The lowest BCUT2D eigenvalue weighted by atomic mass is 9.55. The van der Waals surface area contributed by atoms with E-state index in [2.05, 4.69) is 13.5 Å². The van der Waals surface area contributed by atoms with Crippen LogP contribution in [-0.2, 0) is 21.4 Å². The van der Waals surface area contributed by atoms with Gasteiger partial charge in [-0.1, -0.05) is 32.9 Å². The van der Waals surface area contributed by atoms with Gasteiger partial charge in [-0.15, -0.1) is 6.58 Å². The second-order valence-electron chi connectivity index (χ2n) is 8.55. The molecule has 1 aromatic rings. The van der Waals surface area contributed by atoms with Gasteiger partial charge < -0.3 is 9.84 Å². The lowest BCUT2D eigenvalue weighted by Gasteiger charge is -2.47. The molecule has 1 N–H and O–H groups in total. The Balaban J connectivity index is 1.98. The summed E-state index contributed by atoms with van der Waals surface area (Å²) in [7, 11) is 0. The zero-order valence-electron chi connectivity index (χ0n) is 16.2. The molecule has 4 heteroatoms. The van der Waals surface area contributed by atoms with Gasteiger partial charge in [-0.25, -0.2) is 4.79 Å². The van der Waals surface area contributed by atoms with Crippen LogP contribution in [0.3, 0.4) is 0 Å². The molecule has 27 heavy (non-hydrogen) atoms. The zero-order chi connectivity index (χ0) is 19.5. The van der Waals surface area contributed by atoms with E-state index in [1.807, 2.05) is 26.0 Å². The molecule has 1 aromatic carbocycles. The fourth-order valence-electron chi connectivity index (χ4n) is 5.33. The molecule has 0 bridgehead atoms. The first-order valence-electron chi connectivity index (χ1n) is 9.72. The molecule has 2 atom stereocenters. The van der Waals surface area contributed by atoms with Crippen LogP contribution in [-0.4, -0.2) is 23.5 Å². The summed E-state index contributed by atoms with van der Waals surface area (Å²) in [6.45, 7) is 10.4. The number of fused-ring (bicyclic) bond motifs is 4. The molecule has 0 radical (unpaired) electrons. The van der Waals surface area contributed by atoms with E-state index in [0.29, 0.717) is 31.4 Å². The van der Waals surface area contributed by atoms with Crippen molar-refractivity contribution in [1.82, 2.24) is 0 Å². The maximum absolute atomic E-state index is 13.2. The molecule has 4 rings (SSSR count).